The van der Waals surface area contributed by atoms with Gasteiger partial charge in [-0.3, -0.25) is 20.2 Å². The van der Waals surface area contributed by atoms with Gasteiger partial charge < -0.3 is 4.43 Å². The summed E-state index contributed by atoms with van der Waals surface area (Å²) < 4.78 is 4.55. The van der Waals surface area contributed by atoms with Gasteiger partial charge >= 0.3 is 0 Å². The molecule has 0 saturated heterocycles. The molecule has 7 nitrogen and oxygen atoms in total. The molecule has 8 heteroatoms. The monoisotopic (exact) mass is 225 g/mol. The highest BCUT2D eigenvalue weighted by molar-refractivity contribution is 5.97. The van der Waals surface area contributed by atoms with E-state index in [1.807, 2.05) is 0 Å². The van der Waals surface area contributed by atoms with E-state index in [0.29, 0.717) is 0 Å². The van der Waals surface area contributed by atoms with Gasteiger partial charge in [0, 0.05) is 6.07 Å². The fraction of sp³-hybridized carbons (Fsp3) is 0.143. The van der Waals surface area contributed by atoms with Crippen molar-refractivity contribution in [1.82, 2.24) is 0 Å². The molecule has 1 aromatic carbocycles. The molecular weight excluding hydrogens is 220 g/mol. The van der Waals surface area contributed by atoms with Gasteiger partial charge in [-0.05, 0) is 6.07 Å². The Kier molecular flexibility index (Phi) is 3.47. The third-order valence-electron chi connectivity index (χ3n) is 1.70. The predicted octanol–water partition coefficient (Wildman–Crippen LogP) is 1.10. The Balaban J connectivity index is 3.20. The highest BCUT2D eigenvalue weighted by atomic mass is 28.2. The third kappa shape index (κ3) is 2.57. The lowest BCUT2D eigenvalue weighted by atomic mass is 10.2. The molecule has 77 valence electrons. The van der Waals surface area contributed by atoms with Crippen LogP contribution in [0.3, 0.4) is 0 Å². The van der Waals surface area contributed by atoms with Crippen LogP contribution in [0.15, 0.2) is 18.2 Å². The van der Waals surface area contributed by atoms with E-state index in [4.69, 9.17) is 0 Å². The average Bonchev–Trinajstić information content (AvgIpc) is 2.18. The first-order valence-electron chi connectivity index (χ1n) is 3.76. The van der Waals surface area contributed by atoms with Crippen LogP contribution in [0.4, 0.5) is 11.4 Å². The van der Waals surface area contributed by atoms with E-state index in [1.165, 1.54) is 12.1 Å². The molecule has 0 aliphatic carbocycles. The van der Waals surface area contributed by atoms with Gasteiger partial charge in [-0.2, -0.15) is 0 Å². The number of nitro benzene ring substituents is 2. The maximum Gasteiger partial charge on any atom is 0.281 e. The van der Waals surface area contributed by atoms with E-state index in [1.54, 1.807) is 0 Å². The standard InChI is InChI=1S/C7H5N2O5Si/c10-8(11)6-2-1-5(4-14-15)7(3-6)9(12)13/h1-3H,4H2. The van der Waals surface area contributed by atoms with E-state index in [0.717, 1.165) is 6.07 Å². The number of benzene rings is 1. The second-order valence-electron chi connectivity index (χ2n) is 2.62. The normalized spacial score (nSPS) is 9.93. The average molecular weight is 225 g/mol. The Morgan fingerprint density at radius 2 is 1.93 bits per heavy atom. The van der Waals surface area contributed by atoms with Crippen molar-refractivity contribution in [3.8, 4) is 0 Å². The van der Waals surface area contributed by atoms with Crippen molar-refractivity contribution in [2.45, 2.75) is 6.61 Å². The molecule has 0 aliphatic rings. The third-order valence-corrected chi connectivity index (χ3v) is 1.85. The summed E-state index contributed by atoms with van der Waals surface area (Å²) >= 11 is 0. The first-order valence-corrected chi connectivity index (χ1v) is 4.17. The summed E-state index contributed by atoms with van der Waals surface area (Å²) in [5, 5.41) is 21.0. The molecule has 0 aliphatic heterocycles. The highest BCUT2D eigenvalue weighted by Gasteiger charge is 2.18. The first kappa shape index (κ1) is 11.3. The van der Waals surface area contributed by atoms with Crippen molar-refractivity contribution < 1.29 is 14.3 Å². The van der Waals surface area contributed by atoms with Crippen molar-refractivity contribution in [1.29, 1.82) is 0 Å². The molecule has 0 aromatic heterocycles. The van der Waals surface area contributed by atoms with Crippen LogP contribution in [-0.2, 0) is 11.0 Å². The van der Waals surface area contributed by atoms with Gasteiger partial charge in [-0.25, -0.2) is 0 Å². The SMILES string of the molecule is O=[N+]([O-])c1ccc(CO[Si])c([N+](=O)[O-])c1. The zero-order valence-corrected chi connectivity index (χ0v) is 8.37. The Morgan fingerprint density at radius 3 is 2.40 bits per heavy atom. The summed E-state index contributed by atoms with van der Waals surface area (Å²) in [7, 11) is 2.71. The van der Waals surface area contributed by atoms with E-state index in [-0.39, 0.29) is 23.5 Å². The second kappa shape index (κ2) is 4.62. The molecule has 0 fully saturated rings. The summed E-state index contributed by atoms with van der Waals surface area (Å²) in [6, 6.07) is 3.38. The smallest absolute Gasteiger partial charge is 0.281 e. The van der Waals surface area contributed by atoms with Gasteiger partial charge in [0.2, 0.25) is 10.5 Å². The fourth-order valence-electron chi connectivity index (χ4n) is 1.04. The molecule has 0 spiro atoms. The topological polar surface area (TPSA) is 95.5 Å². The maximum absolute atomic E-state index is 10.6. The van der Waals surface area contributed by atoms with Gasteiger partial charge in [-0.1, -0.05) is 0 Å². The molecule has 0 bridgehead atoms. The molecule has 1 rings (SSSR count). The van der Waals surface area contributed by atoms with Crippen LogP contribution >= 0.6 is 0 Å². The first-order chi connectivity index (χ1) is 7.06. The Morgan fingerprint density at radius 1 is 1.27 bits per heavy atom. The van der Waals surface area contributed by atoms with Gasteiger partial charge in [0.15, 0.2) is 0 Å². The van der Waals surface area contributed by atoms with Crippen molar-refractivity contribution in [3.63, 3.8) is 0 Å². The predicted molar refractivity (Wildman–Crippen MR) is 50.3 cm³/mol. The molecule has 0 N–H and O–H groups in total. The fourth-order valence-corrected chi connectivity index (χ4v) is 1.19. The number of rotatable bonds is 4. The molecule has 0 amide bonds. The molecule has 15 heavy (non-hydrogen) atoms. The van der Waals surface area contributed by atoms with Gasteiger partial charge in [0.05, 0.1) is 28.1 Å². The minimum atomic E-state index is -0.689. The minimum absolute atomic E-state index is 0.0365. The van der Waals surface area contributed by atoms with Crippen molar-refractivity contribution in [3.05, 3.63) is 44.0 Å². The van der Waals surface area contributed by atoms with Gasteiger partial charge in [0.1, 0.15) is 0 Å². The summed E-state index contributed by atoms with van der Waals surface area (Å²) in [5.74, 6) is 0. The van der Waals surface area contributed by atoms with Crippen LogP contribution in [0.5, 0.6) is 0 Å². The minimum Gasteiger partial charge on any atom is -0.414 e. The molecule has 0 unspecified atom stereocenters. The highest BCUT2D eigenvalue weighted by Crippen LogP contribution is 2.24. The number of nitro groups is 2. The van der Waals surface area contributed by atoms with Crippen LogP contribution in [0, 0.1) is 20.2 Å². The van der Waals surface area contributed by atoms with Crippen LogP contribution in [0.1, 0.15) is 5.56 Å². The number of non-ortho nitro benzene ring substituents is 1. The lowest BCUT2D eigenvalue weighted by Gasteiger charge is -2.00. The maximum atomic E-state index is 10.6. The zero-order chi connectivity index (χ0) is 11.4. The Hall–Kier alpha value is -1.80. The molecule has 0 saturated carbocycles. The van der Waals surface area contributed by atoms with Crippen molar-refractivity contribution in [2.24, 2.45) is 0 Å². The molecular formula is C7H5N2O5Si. The van der Waals surface area contributed by atoms with E-state index < -0.39 is 9.85 Å². The number of nitrogens with zero attached hydrogens (tertiary/aromatic N) is 2. The van der Waals surface area contributed by atoms with E-state index >= 15 is 0 Å². The van der Waals surface area contributed by atoms with Gasteiger partial charge in [0.25, 0.3) is 11.4 Å². The Labute approximate surface area is 87.5 Å². The quantitative estimate of drug-likeness (QED) is 0.434. The molecule has 3 radical (unpaired) electrons. The molecule has 1 aromatic rings. The van der Waals surface area contributed by atoms with Crippen LogP contribution in [0.2, 0.25) is 0 Å². The summed E-state index contributed by atoms with van der Waals surface area (Å²) in [6.07, 6.45) is 0. The molecule has 0 atom stereocenters. The largest absolute Gasteiger partial charge is 0.414 e. The number of hydrogen-bond acceptors (Lipinski definition) is 5. The van der Waals surface area contributed by atoms with Crippen molar-refractivity contribution in [2.75, 3.05) is 0 Å². The second-order valence-corrected chi connectivity index (χ2v) is 2.90. The van der Waals surface area contributed by atoms with Gasteiger partial charge in [-0.15, -0.1) is 0 Å². The summed E-state index contributed by atoms with van der Waals surface area (Å²) in [4.78, 5) is 19.6. The molecule has 0 heterocycles. The summed E-state index contributed by atoms with van der Waals surface area (Å²) in [6.45, 7) is -0.0365. The van der Waals surface area contributed by atoms with Crippen LogP contribution < -0.4 is 0 Å². The van der Waals surface area contributed by atoms with Crippen LogP contribution in [-0.4, -0.2) is 20.3 Å². The lowest BCUT2D eigenvalue weighted by molar-refractivity contribution is -0.394. The number of hydrogen-bond donors (Lipinski definition) is 0. The van der Waals surface area contributed by atoms with E-state index in [2.05, 4.69) is 14.9 Å². The summed E-state index contributed by atoms with van der Waals surface area (Å²) in [5.41, 5.74) is -0.387. The Bertz CT molecular complexity index is 408. The van der Waals surface area contributed by atoms with E-state index in [9.17, 15) is 20.2 Å². The van der Waals surface area contributed by atoms with Crippen molar-refractivity contribution >= 4 is 21.9 Å². The van der Waals surface area contributed by atoms with Crippen LogP contribution in [0.25, 0.3) is 0 Å². The lowest BCUT2D eigenvalue weighted by Crippen LogP contribution is -1.99. The zero-order valence-electron chi connectivity index (χ0n) is 7.37.